The molecular weight excluding hydrogens is 534 g/mol. The third-order valence-electron chi connectivity index (χ3n) is 5.93. The van der Waals surface area contributed by atoms with Crippen LogP contribution in [-0.2, 0) is 23.9 Å². The third kappa shape index (κ3) is 12.9. The number of nitrogens with one attached hydrogen (secondary N) is 2. The molecule has 0 fully saturated rings. The van der Waals surface area contributed by atoms with E-state index >= 15 is 0 Å². The van der Waals surface area contributed by atoms with Crippen LogP contribution in [0.1, 0.15) is 91.2 Å². The molecule has 0 heterocycles. The highest BCUT2D eigenvalue weighted by Crippen LogP contribution is 2.30. The zero-order valence-corrected chi connectivity index (χ0v) is 25.4. The first-order valence-corrected chi connectivity index (χ1v) is 14.7. The van der Waals surface area contributed by atoms with Crippen molar-refractivity contribution in [1.82, 2.24) is 15.5 Å². The number of hydrogen-bond acceptors (Lipinski definition) is 8. The van der Waals surface area contributed by atoms with Gasteiger partial charge in [0, 0.05) is 24.4 Å². The summed E-state index contributed by atoms with van der Waals surface area (Å²) in [5.41, 5.74) is -0.547. The normalized spacial score (nSPS) is 12.7. The Morgan fingerprint density at radius 1 is 1.02 bits per heavy atom. The minimum absolute atomic E-state index is 0.00698. The zero-order chi connectivity index (χ0) is 30.1. The molecule has 1 aromatic carbocycles. The summed E-state index contributed by atoms with van der Waals surface area (Å²) in [6, 6.07) is 4.00. The summed E-state index contributed by atoms with van der Waals surface area (Å²) in [7, 11) is 0. The lowest BCUT2D eigenvalue weighted by molar-refractivity contribution is -0.144. The summed E-state index contributed by atoms with van der Waals surface area (Å²) in [6.45, 7) is 9.39. The van der Waals surface area contributed by atoms with Crippen LogP contribution in [0.15, 0.2) is 24.3 Å². The Morgan fingerprint density at radius 2 is 1.68 bits per heavy atom. The molecule has 0 aliphatic heterocycles. The number of thiol groups is 1. The maximum Gasteiger partial charge on any atom is 0.408 e. The second-order valence-corrected chi connectivity index (χ2v) is 10.9. The van der Waals surface area contributed by atoms with Crippen LogP contribution in [-0.4, -0.2) is 71.0 Å². The Morgan fingerprint density at radius 3 is 2.27 bits per heavy atom. The first-order chi connectivity index (χ1) is 18.9. The molecule has 0 radical (unpaired) electrons. The molecule has 10 nitrogen and oxygen atoms in total. The van der Waals surface area contributed by atoms with Gasteiger partial charge in [-0.1, -0.05) is 57.2 Å². The number of para-hydroxylation sites is 1. The molecule has 0 saturated carbocycles. The van der Waals surface area contributed by atoms with E-state index in [-0.39, 0.29) is 43.2 Å². The summed E-state index contributed by atoms with van der Waals surface area (Å²) in [5.74, 6) is -1.76. The van der Waals surface area contributed by atoms with Gasteiger partial charge in [-0.15, -0.1) is 0 Å². The van der Waals surface area contributed by atoms with Gasteiger partial charge in [0.15, 0.2) is 0 Å². The third-order valence-corrected chi connectivity index (χ3v) is 6.30. The van der Waals surface area contributed by atoms with Gasteiger partial charge in [0.2, 0.25) is 11.8 Å². The summed E-state index contributed by atoms with van der Waals surface area (Å²) in [4.78, 5) is 53.2. The van der Waals surface area contributed by atoms with E-state index in [1.54, 1.807) is 45.9 Å². The highest BCUT2D eigenvalue weighted by Gasteiger charge is 2.36. The second kappa shape index (κ2) is 18.4. The molecule has 0 aliphatic rings. The van der Waals surface area contributed by atoms with Crippen molar-refractivity contribution in [2.24, 2.45) is 0 Å². The number of rotatable bonds is 17. The number of benzene rings is 1. The van der Waals surface area contributed by atoms with E-state index in [4.69, 9.17) is 9.47 Å². The van der Waals surface area contributed by atoms with E-state index in [1.165, 1.54) is 11.0 Å². The van der Waals surface area contributed by atoms with Crippen molar-refractivity contribution in [2.75, 3.05) is 25.4 Å². The molecule has 0 bridgehead atoms. The van der Waals surface area contributed by atoms with Gasteiger partial charge in [-0.05, 0) is 40.2 Å². The smallest absolute Gasteiger partial charge is 0.408 e. The molecule has 0 aliphatic carbocycles. The predicted octanol–water partition coefficient (Wildman–Crippen LogP) is 4.51. The van der Waals surface area contributed by atoms with Crippen molar-refractivity contribution in [2.45, 2.75) is 97.2 Å². The van der Waals surface area contributed by atoms with Crippen molar-refractivity contribution >= 4 is 36.5 Å². The Balaban J connectivity index is 3.32. The second-order valence-electron chi connectivity index (χ2n) is 10.5. The molecular formula is C29H47N3O7S. The molecule has 0 aromatic heterocycles. The van der Waals surface area contributed by atoms with Crippen LogP contribution in [0, 0.1) is 0 Å². The van der Waals surface area contributed by atoms with Crippen molar-refractivity contribution in [3.05, 3.63) is 29.8 Å². The van der Waals surface area contributed by atoms with Gasteiger partial charge in [0.1, 0.15) is 23.4 Å². The first-order valence-electron chi connectivity index (χ1n) is 14.1. The number of esters is 1. The van der Waals surface area contributed by atoms with E-state index in [0.29, 0.717) is 6.42 Å². The maximum absolute atomic E-state index is 13.9. The summed E-state index contributed by atoms with van der Waals surface area (Å²) in [5, 5.41) is 16.0. The van der Waals surface area contributed by atoms with Gasteiger partial charge in [-0.25, -0.2) is 4.79 Å². The molecule has 2 unspecified atom stereocenters. The number of amides is 3. The summed E-state index contributed by atoms with van der Waals surface area (Å²) < 4.78 is 10.3. The number of hydrogen-bond donors (Lipinski definition) is 4. The number of carbonyl (C=O) groups is 4. The van der Waals surface area contributed by atoms with E-state index in [2.05, 4.69) is 30.2 Å². The fourth-order valence-corrected chi connectivity index (χ4v) is 4.30. The molecule has 1 aromatic rings. The van der Waals surface area contributed by atoms with Gasteiger partial charge in [-0.3, -0.25) is 14.4 Å². The lowest BCUT2D eigenvalue weighted by Gasteiger charge is -2.34. The van der Waals surface area contributed by atoms with Crippen molar-refractivity contribution in [3.8, 4) is 5.75 Å². The number of ether oxygens (including phenoxy) is 2. The van der Waals surface area contributed by atoms with Crippen LogP contribution in [0.5, 0.6) is 5.75 Å². The number of unbranched alkanes of at least 4 members (excludes halogenated alkanes) is 5. The molecule has 3 N–H and O–H groups in total. The number of phenolic OH excluding ortho intramolecular Hbond substituents is 1. The Kier molecular flexibility index (Phi) is 16.1. The number of phenols is 1. The molecule has 11 heteroatoms. The Bertz CT molecular complexity index is 952. The minimum Gasteiger partial charge on any atom is -0.508 e. The molecule has 226 valence electrons. The molecule has 0 spiro atoms. The molecule has 0 saturated heterocycles. The predicted molar refractivity (Wildman–Crippen MR) is 157 cm³/mol. The van der Waals surface area contributed by atoms with Crippen LogP contribution < -0.4 is 10.6 Å². The molecule has 40 heavy (non-hydrogen) atoms. The largest absolute Gasteiger partial charge is 0.508 e. The van der Waals surface area contributed by atoms with Gasteiger partial charge < -0.3 is 30.1 Å². The quantitative estimate of drug-likeness (QED) is 0.121. The van der Waals surface area contributed by atoms with Crippen LogP contribution in [0.2, 0.25) is 0 Å². The SMILES string of the molecule is CCCCCCCCN(C(=O)C(CS)NC(=O)OC(C)(C)C)C(C(=O)NCCC(=O)OCC)c1ccccc1O. The standard InChI is InChI=1S/C29H47N3O7S/c1-6-8-9-10-11-14-19-32(27(36)22(20-40)31-28(37)39-29(3,4)5)25(21-15-12-13-16-23(21)33)26(35)30-18-17-24(34)38-7-2/h12-13,15-16,22,25,33,40H,6-11,14,17-20H2,1-5H3,(H,30,35)(H,31,37). The van der Waals surface area contributed by atoms with Crippen LogP contribution in [0.25, 0.3) is 0 Å². The van der Waals surface area contributed by atoms with Crippen molar-refractivity contribution in [1.29, 1.82) is 0 Å². The summed E-state index contributed by atoms with van der Waals surface area (Å²) in [6.07, 6.45) is 4.90. The summed E-state index contributed by atoms with van der Waals surface area (Å²) >= 11 is 4.29. The van der Waals surface area contributed by atoms with Crippen molar-refractivity contribution < 1.29 is 33.8 Å². The Hall–Kier alpha value is -2.95. The maximum atomic E-state index is 13.9. The van der Waals surface area contributed by atoms with Crippen molar-refractivity contribution in [3.63, 3.8) is 0 Å². The van der Waals surface area contributed by atoms with E-state index < -0.39 is 41.6 Å². The monoisotopic (exact) mass is 581 g/mol. The van der Waals surface area contributed by atoms with Gasteiger partial charge >= 0.3 is 12.1 Å². The van der Waals surface area contributed by atoms with E-state index in [9.17, 15) is 24.3 Å². The lowest BCUT2D eigenvalue weighted by atomic mass is 10.0. The van der Waals surface area contributed by atoms with Gasteiger partial charge in [-0.2, -0.15) is 12.6 Å². The molecule has 3 amide bonds. The number of alkyl carbamates (subject to hydrolysis) is 1. The fraction of sp³-hybridized carbons (Fsp3) is 0.655. The molecule has 1 rings (SSSR count). The average Bonchev–Trinajstić information content (AvgIpc) is 2.88. The fourth-order valence-electron chi connectivity index (χ4n) is 4.05. The van der Waals surface area contributed by atoms with Gasteiger partial charge in [0.25, 0.3) is 0 Å². The number of carbonyl (C=O) groups excluding carboxylic acids is 4. The van der Waals surface area contributed by atoms with Crippen LogP contribution in [0.3, 0.4) is 0 Å². The number of nitrogens with zero attached hydrogens (tertiary/aromatic N) is 1. The minimum atomic E-state index is -1.21. The van der Waals surface area contributed by atoms with E-state index in [0.717, 1.165) is 32.1 Å². The molecule has 2 atom stereocenters. The van der Waals surface area contributed by atoms with Gasteiger partial charge in [0.05, 0.1) is 13.0 Å². The first kappa shape index (κ1) is 35.1. The Labute approximate surface area is 244 Å². The lowest BCUT2D eigenvalue weighted by Crippen LogP contribution is -2.54. The highest BCUT2D eigenvalue weighted by atomic mass is 32.1. The average molecular weight is 582 g/mol. The zero-order valence-electron chi connectivity index (χ0n) is 24.5. The highest BCUT2D eigenvalue weighted by molar-refractivity contribution is 7.80. The number of aromatic hydroxyl groups is 1. The van der Waals surface area contributed by atoms with Crippen LogP contribution >= 0.6 is 12.6 Å². The van der Waals surface area contributed by atoms with E-state index in [1.807, 2.05) is 0 Å². The topological polar surface area (TPSA) is 134 Å². The van der Waals surface area contributed by atoms with Crippen LogP contribution in [0.4, 0.5) is 4.79 Å².